The fourth-order valence-electron chi connectivity index (χ4n) is 2.23. The Balaban J connectivity index is 2.06. The van der Waals surface area contributed by atoms with Gasteiger partial charge in [0.25, 0.3) is 0 Å². The number of aromatic nitrogens is 2. The van der Waals surface area contributed by atoms with E-state index in [4.69, 9.17) is 10.3 Å². The lowest BCUT2D eigenvalue weighted by Gasteiger charge is -2.14. The second-order valence-electron chi connectivity index (χ2n) is 5.45. The van der Waals surface area contributed by atoms with Crippen LogP contribution in [0.3, 0.4) is 0 Å². The summed E-state index contributed by atoms with van der Waals surface area (Å²) in [6.07, 6.45) is 1.72. The van der Waals surface area contributed by atoms with Gasteiger partial charge >= 0.3 is 0 Å². The second-order valence-corrected chi connectivity index (χ2v) is 5.45. The molecule has 5 heteroatoms. The van der Waals surface area contributed by atoms with Crippen molar-refractivity contribution < 1.29 is 8.91 Å². The normalized spacial score (nSPS) is 12.8. The molecule has 20 heavy (non-hydrogen) atoms. The Labute approximate surface area is 118 Å². The minimum atomic E-state index is -0.280. The van der Waals surface area contributed by atoms with Gasteiger partial charge < -0.3 is 10.3 Å². The van der Waals surface area contributed by atoms with Crippen molar-refractivity contribution in [2.45, 2.75) is 26.7 Å². The number of halogens is 1. The quantitative estimate of drug-likeness (QED) is 0.881. The third-order valence-corrected chi connectivity index (χ3v) is 3.17. The molecule has 108 valence electrons. The zero-order chi connectivity index (χ0) is 14.5. The predicted octanol–water partition coefficient (Wildman–Crippen LogP) is 3.04. The molecule has 0 fully saturated rings. The zero-order valence-electron chi connectivity index (χ0n) is 11.8. The predicted molar refractivity (Wildman–Crippen MR) is 75.4 cm³/mol. The number of nitrogens with two attached hydrogens (primary N) is 1. The molecule has 4 nitrogen and oxygen atoms in total. The first-order chi connectivity index (χ1) is 9.58. The van der Waals surface area contributed by atoms with Gasteiger partial charge in [-0.2, -0.15) is 4.98 Å². The van der Waals surface area contributed by atoms with Gasteiger partial charge in [-0.1, -0.05) is 19.0 Å². The van der Waals surface area contributed by atoms with E-state index in [1.165, 1.54) is 12.1 Å². The number of nitrogens with zero attached hydrogens (tertiary/aromatic N) is 2. The topological polar surface area (TPSA) is 64.9 Å². The maximum Gasteiger partial charge on any atom is 0.227 e. The SMILES string of the molecule is CC(C)CC(CN)Cc1nc(-c2ccc(F)cc2)no1. The van der Waals surface area contributed by atoms with Crippen LogP contribution in [0.25, 0.3) is 11.4 Å². The third-order valence-electron chi connectivity index (χ3n) is 3.17. The molecule has 2 N–H and O–H groups in total. The summed E-state index contributed by atoms with van der Waals surface area (Å²) in [5.41, 5.74) is 6.52. The highest BCUT2D eigenvalue weighted by molar-refractivity contribution is 5.53. The van der Waals surface area contributed by atoms with Gasteiger partial charge in [-0.25, -0.2) is 4.39 Å². The van der Waals surface area contributed by atoms with Crippen molar-refractivity contribution in [3.05, 3.63) is 36.0 Å². The summed E-state index contributed by atoms with van der Waals surface area (Å²) in [4.78, 5) is 4.35. The summed E-state index contributed by atoms with van der Waals surface area (Å²) >= 11 is 0. The molecule has 0 amide bonds. The zero-order valence-corrected chi connectivity index (χ0v) is 11.8. The summed E-state index contributed by atoms with van der Waals surface area (Å²) in [6, 6.07) is 6.04. The van der Waals surface area contributed by atoms with E-state index < -0.39 is 0 Å². The largest absolute Gasteiger partial charge is 0.339 e. The fraction of sp³-hybridized carbons (Fsp3) is 0.467. The van der Waals surface area contributed by atoms with Gasteiger partial charge in [-0.3, -0.25) is 0 Å². The van der Waals surface area contributed by atoms with Crippen molar-refractivity contribution in [1.29, 1.82) is 0 Å². The maximum absolute atomic E-state index is 12.9. The van der Waals surface area contributed by atoms with Crippen LogP contribution in [0, 0.1) is 17.7 Å². The van der Waals surface area contributed by atoms with Crippen molar-refractivity contribution in [1.82, 2.24) is 10.1 Å². The van der Waals surface area contributed by atoms with Crippen molar-refractivity contribution in [3.63, 3.8) is 0 Å². The summed E-state index contributed by atoms with van der Waals surface area (Å²) < 4.78 is 18.1. The average molecular weight is 277 g/mol. The van der Waals surface area contributed by atoms with Crippen LogP contribution in [0.1, 0.15) is 26.2 Å². The molecule has 0 aliphatic carbocycles. The standard InChI is InChI=1S/C15H20FN3O/c1-10(2)7-11(9-17)8-14-18-15(19-20-14)12-3-5-13(16)6-4-12/h3-6,10-11H,7-9,17H2,1-2H3. The lowest BCUT2D eigenvalue weighted by molar-refractivity contribution is 0.332. The summed E-state index contributed by atoms with van der Waals surface area (Å²) in [7, 11) is 0. The van der Waals surface area contributed by atoms with Crippen LogP contribution in [0.5, 0.6) is 0 Å². The highest BCUT2D eigenvalue weighted by Crippen LogP contribution is 2.19. The van der Waals surface area contributed by atoms with Crippen LogP contribution in [0.2, 0.25) is 0 Å². The molecule has 1 heterocycles. The minimum Gasteiger partial charge on any atom is -0.339 e. The van der Waals surface area contributed by atoms with Crippen LogP contribution < -0.4 is 5.73 Å². The molecule has 1 unspecified atom stereocenters. The van der Waals surface area contributed by atoms with E-state index in [1.807, 2.05) is 0 Å². The molecule has 1 aromatic heterocycles. The molecule has 0 radical (unpaired) electrons. The Bertz CT molecular complexity index is 536. The lowest BCUT2D eigenvalue weighted by Crippen LogP contribution is -2.19. The molecule has 0 saturated heterocycles. The maximum atomic E-state index is 12.9. The summed E-state index contributed by atoms with van der Waals surface area (Å²) in [5.74, 6) is 1.72. The Kier molecular flexibility index (Phi) is 4.84. The van der Waals surface area contributed by atoms with Crippen molar-refractivity contribution >= 4 is 0 Å². The van der Waals surface area contributed by atoms with Crippen LogP contribution in [0.15, 0.2) is 28.8 Å². The van der Waals surface area contributed by atoms with Gasteiger partial charge in [-0.05, 0) is 49.1 Å². The van der Waals surface area contributed by atoms with Crippen LogP contribution in [0.4, 0.5) is 4.39 Å². The highest BCUT2D eigenvalue weighted by Gasteiger charge is 2.15. The fourth-order valence-corrected chi connectivity index (χ4v) is 2.23. The Morgan fingerprint density at radius 1 is 1.25 bits per heavy atom. The van der Waals surface area contributed by atoms with Crippen molar-refractivity contribution in [2.24, 2.45) is 17.6 Å². The molecule has 0 bridgehead atoms. The monoisotopic (exact) mass is 277 g/mol. The first-order valence-corrected chi connectivity index (χ1v) is 6.87. The van der Waals surface area contributed by atoms with Crippen LogP contribution in [-0.4, -0.2) is 16.7 Å². The van der Waals surface area contributed by atoms with Gasteiger partial charge in [0.05, 0.1) is 0 Å². The second kappa shape index (κ2) is 6.61. The van der Waals surface area contributed by atoms with E-state index >= 15 is 0 Å². The molecule has 0 aliphatic heterocycles. The van der Waals surface area contributed by atoms with E-state index in [2.05, 4.69) is 24.0 Å². The van der Waals surface area contributed by atoms with E-state index in [-0.39, 0.29) is 5.82 Å². The molecular formula is C15H20FN3O. The molecule has 0 aliphatic rings. The summed E-state index contributed by atoms with van der Waals surface area (Å²) in [5, 5.41) is 3.93. The number of rotatable bonds is 6. The molecule has 2 aromatic rings. The van der Waals surface area contributed by atoms with Gasteiger partial charge in [0, 0.05) is 12.0 Å². The number of hydrogen-bond acceptors (Lipinski definition) is 4. The molecule has 0 spiro atoms. The van der Waals surface area contributed by atoms with Crippen molar-refractivity contribution in [3.8, 4) is 11.4 Å². The summed E-state index contributed by atoms with van der Waals surface area (Å²) in [6.45, 7) is 4.94. The Hall–Kier alpha value is -1.75. The highest BCUT2D eigenvalue weighted by atomic mass is 19.1. The minimum absolute atomic E-state index is 0.280. The molecule has 1 aromatic carbocycles. The molecule has 1 atom stereocenters. The van der Waals surface area contributed by atoms with Gasteiger partial charge in [-0.15, -0.1) is 0 Å². The lowest BCUT2D eigenvalue weighted by atomic mass is 9.94. The van der Waals surface area contributed by atoms with E-state index in [1.54, 1.807) is 12.1 Å². The van der Waals surface area contributed by atoms with Crippen molar-refractivity contribution in [2.75, 3.05) is 6.54 Å². The first kappa shape index (κ1) is 14.7. The van der Waals surface area contributed by atoms with Gasteiger partial charge in [0.2, 0.25) is 11.7 Å². The van der Waals surface area contributed by atoms with E-state index in [9.17, 15) is 4.39 Å². The van der Waals surface area contributed by atoms with Crippen LogP contribution >= 0.6 is 0 Å². The third kappa shape index (κ3) is 3.87. The number of benzene rings is 1. The molecule has 0 saturated carbocycles. The smallest absolute Gasteiger partial charge is 0.227 e. The van der Waals surface area contributed by atoms with E-state index in [0.29, 0.717) is 36.5 Å². The van der Waals surface area contributed by atoms with E-state index in [0.717, 1.165) is 12.0 Å². The molecular weight excluding hydrogens is 257 g/mol. The average Bonchev–Trinajstić information content (AvgIpc) is 2.87. The Morgan fingerprint density at radius 3 is 2.55 bits per heavy atom. The number of hydrogen-bond donors (Lipinski definition) is 1. The molecule has 2 rings (SSSR count). The Morgan fingerprint density at radius 2 is 1.95 bits per heavy atom. The first-order valence-electron chi connectivity index (χ1n) is 6.87. The van der Waals surface area contributed by atoms with Gasteiger partial charge in [0.15, 0.2) is 0 Å². The van der Waals surface area contributed by atoms with Crippen LogP contribution in [-0.2, 0) is 6.42 Å². The van der Waals surface area contributed by atoms with Gasteiger partial charge in [0.1, 0.15) is 5.82 Å².